The third-order valence-corrected chi connectivity index (χ3v) is 12.7. The zero-order valence-corrected chi connectivity index (χ0v) is 27.6. The van der Waals surface area contributed by atoms with Gasteiger partial charge in [0.15, 0.2) is 18.1 Å². The summed E-state index contributed by atoms with van der Waals surface area (Å²) in [4.78, 5) is 58.4. The number of fused-ring (bicyclic) bond motifs is 9. The molecular weight excluding hydrogens is 658 g/mol. The summed E-state index contributed by atoms with van der Waals surface area (Å²) < 4.78 is 11.9. The van der Waals surface area contributed by atoms with Crippen molar-refractivity contribution in [2.75, 3.05) is 23.4 Å². The average molecular weight is 688 g/mol. The van der Waals surface area contributed by atoms with E-state index in [-0.39, 0.29) is 70.0 Å². The molecule has 4 aromatic rings. The number of amides is 3. The Morgan fingerprint density at radius 1 is 0.957 bits per heavy atom. The van der Waals surface area contributed by atoms with Crippen molar-refractivity contribution in [1.82, 2.24) is 4.98 Å². The van der Waals surface area contributed by atoms with Crippen LogP contribution in [0.15, 0.2) is 82.6 Å². The number of thiazole rings is 1. The first-order chi connectivity index (χ1) is 22.8. The lowest BCUT2D eigenvalue weighted by molar-refractivity contribution is -0.123. The molecule has 1 saturated heterocycles. The van der Waals surface area contributed by atoms with Crippen LogP contribution in [0.5, 0.6) is 11.5 Å². The maximum atomic E-state index is 14.0. The number of aromatic amines is 1. The Bertz CT molecular complexity index is 1950. The van der Waals surface area contributed by atoms with Crippen molar-refractivity contribution in [2.45, 2.75) is 29.5 Å². The highest BCUT2D eigenvalue weighted by molar-refractivity contribution is 8.00. The normalized spacial score (nSPS) is 26.9. The van der Waals surface area contributed by atoms with Crippen molar-refractivity contribution in [3.63, 3.8) is 0 Å². The van der Waals surface area contributed by atoms with Gasteiger partial charge in [0.25, 0.3) is 5.91 Å². The van der Waals surface area contributed by atoms with Crippen LogP contribution in [-0.2, 0) is 14.4 Å². The quantitative estimate of drug-likeness (QED) is 0.212. The molecule has 1 aromatic heterocycles. The molecule has 8 rings (SSSR count). The molecule has 0 spiro atoms. The first-order valence-electron chi connectivity index (χ1n) is 15.6. The van der Waals surface area contributed by atoms with Crippen LogP contribution in [0.4, 0.5) is 11.4 Å². The van der Waals surface area contributed by atoms with Gasteiger partial charge >= 0.3 is 4.87 Å². The van der Waals surface area contributed by atoms with Crippen LogP contribution >= 0.6 is 34.7 Å². The number of hydrogen-bond acceptors (Lipinski definition) is 8. The number of nitrogens with zero attached hydrogens (tertiary/aromatic N) is 1. The van der Waals surface area contributed by atoms with Crippen LogP contribution in [-0.4, -0.2) is 41.2 Å². The predicted octanol–water partition coefficient (Wildman–Crippen LogP) is 6.18. The lowest BCUT2D eigenvalue weighted by Gasteiger charge is -2.43. The molecule has 2 aliphatic carbocycles. The minimum atomic E-state index is -0.387. The molecule has 4 unspecified atom stereocenters. The van der Waals surface area contributed by atoms with E-state index in [0.717, 1.165) is 21.9 Å². The van der Waals surface area contributed by atoms with Gasteiger partial charge in [-0.2, -0.15) is 0 Å². The van der Waals surface area contributed by atoms with Gasteiger partial charge in [-0.3, -0.25) is 24.1 Å². The fourth-order valence-electron chi connectivity index (χ4n) is 8.20. The Hall–Kier alpha value is -4.06. The van der Waals surface area contributed by atoms with Crippen LogP contribution in [0.3, 0.4) is 0 Å². The number of anilines is 2. The standard InChI is InChI=1S/C35H30ClN3O6S2/c1-2-44-24-14-17(8-13-23(24)45-16-25(40)37-19-11-9-18(36)10-12-19)26-27-21-15-22(30(27)46-32-31(26)47-35(43)38-32)29-28(21)33(41)39(34(29)42)20-6-4-3-5-7-20/h3-14,21-22,26-30H,2,15-16H2,1H3,(H,37,40)(H,38,43)/t21-,22-,26-,27?,28?,29?,30?/m1/s1. The molecular formula is C35H30ClN3O6S2. The molecule has 47 heavy (non-hydrogen) atoms. The summed E-state index contributed by atoms with van der Waals surface area (Å²) in [6.07, 6.45) is 0.801. The summed E-state index contributed by atoms with van der Waals surface area (Å²) in [7, 11) is 0. The van der Waals surface area contributed by atoms with Gasteiger partial charge in [0.1, 0.15) is 0 Å². The zero-order valence-electron chi connectivity index (χ0n) is 25.2. The van der Waals surface area contributed by atoms with Crippen LogP contribution in [0.25, 0.3) is 0 Å². The number of nitrogens with one attached hydrogen (secondary N) is 2. The molecule has 2 saturated carbocycles. The minimum Gasteiger partial charge on any atom is -0.490 e. The van der Waals surface area contributed by atoms with E-state index in [0.29, 0.717) is 34.5 Å². The molecule has 3 fully saturated rings. The van der Waals surface area contributed by atoms with Crippen molar-refractivity contribution in [3.05, 3.63) is 97.9 Å². The van der Waals surface area contributed by atoms with E-state index in [4.69, 9.17) is 21.1 Å². The maximum Gasteiger partial charge on any atom is 0.305 e. The molecule has 12 heteroatoms. The molecule has 3 amide bonds. The van der Waals surface area contributed by atoms with Crippen LogP contribution in [0.1, 0.15) is 29.7 Å². The number of hydrogen-bond donors (Lipinski definition) is 2. The van der Waals surface area contributed by atoms with Crippen molar-refractivity contribution < 1.29 is 23.9 Å². The summed E-state index contributed by atoms with van der Waals surface area (Å²) in [5, 5.41) is 4.27. The van der Waals surface area contributed by atoms with Crippen LogP contribution in [0, 0.1) is 29.6 Å². The Balaban J connectivity index is 1.10. The Morgan fingerprint density at radius 3 is 2.45 bits per heavy atom. The highest BCUT2D eigenvalue weighted by Crippen LogP contribution is 2.68. The van der Waals surface area contributed by atoms with Gasteiger partial charge in [0, 0.05) is 26.8 Å². The van der Waals surface area contributed by atoms with E-state index >= 15 is 0 Å². The highest BCUT2D eigenvalue weighted by atomic mass is 35.5. The molecule has 9 nitrogen and oxygen atoms in total. The molecule has 3 heterocycles. The van der Waals surface area contributed by atoms with Crippen LogP contribution in [0.2, 0.25) is 5.02 Å². The average Bonchev–Trinajstić information content (AvgIpc) is 3.80. The third-order valence-electron chi connectivity index (χ3n) is 9.85. The fraction of sp³-hybridized carbons (Fsp3) is 0.314. The smallest absolute Gasteiger partial charge is 0.305 e. The second kappa shape index (κ2) is 11.9. The molecule has 240 valence electrons. The number of para-hydroxylation sites is 1. The summed E-state index contributed by atoms with van der Waals surface area (Å²) in [5.74, 6) is -0.502. The number of thioether (sulfide) groups is 1. The van der Waals surface area contributed by atoms with Crippen molar-refractivity contribution >= 4 is 63.8 Å². The molecule has 7 atom stereocenters. The number of rotatable bonds is 8. The number of carbonyl (C=O) groups is 3. The predicted molar refractivity (Wildman–Crippen MR) is 181 cm³/mol. The monoisotopic (exact) mass is 687 g/mol. The van der Waals surface area contributed by atoms with Crippen molar-refractivity contribution in [2.24, 2.45) is 29.6 Å². The molecule has 4 aliphatic rings. The van der Waals surface area contributed by atoms with Crippen molar-refractivity contribution in [3.8, 4) is 11.5 Å². The summed E-state index contributed by atoms with van der Waals surface area (Å²) in [6, 6.07) is 21.7. The van der Waals surface area contributed by atoms with Crippen molar-refractivity contribution in [1.29, 1.82) is 0 Å². The lowest BCUT2D eigenvalue weighted by atomic mass is 9.68. The molecule has 2 aliphatic heterocycles. The second-order valence-corrected chi connectivity index (χ2v) is 14.9. The molecule has 0 radical (unpaired) electrons. The van der Waals surface area contributed by atoms with Gasteiger partial charge < -0.3 is 19.8 Å². The number of halogens is 1. The largest absolute Gasteiger partial charge is 0.490 e. The second-order valence-electron chi connectivity index (χ2n) is 12.3. The SMILES string of the molecule is CCOc1cc([C@H]2c3sc(=O)[nH]c3SC3C2[C@H]2C[C@@H]3C3C(=O)N(c4ccccc4)C(=O)C32)ccc1OCC(=O)Nc1ccc(Cl)cc1. The molecule has 2 bridgehead atoms. The summed E-state index contributed by atoms with van der Waals surface area (Å²) in [5.41, 5.74) is 2.17. The zero-order chi connectivity index (χ0) is 32.4. The Morgan fingerprint density at radius 2 is 1.70 bits per heavy atom. The number of imide groups is 1. The van der Waals surface area contributed by atoms with Gasteiger partial charge in [-0.15, -0.1) is 11.8 Å². The topological polar surface area (TPSA) is 118 Å². The maximum absolute atomic E-state index is 14.0. The van der Waals surface area contributed by atoms with Crippen LogP contribution < -0.4 is 24.6 Å². The number of benzene rings is 3. The van der Waals surface area contributed by atoms with E-state index in [1.54, 1.807) is 42.1 Å². The van der Waals surface area contributed by atoms with E-state index in [1.165, 1.54) is 16.2 Å². The fourth-order valence-corrected chi connectivity index (χ4v) is 11.2. The van der Waals surface area contributed by atoms with E-state index in [1.807, 2.05) is 49.4 Å². The first-order valence-corrected chi connectivity index (χ1v) is 17.7. The van der Waals surface area contributed by atoms with E-state index in [9.17, 15) is 19.2 Å². The van der Waals surface area contributed by atoms with Gasteiger partial charge in [-0.1, -0.05) is 47.2 Å². The van der Waals surface area contributed by atoms with E-state index in [2.05, 4.69) is 10.3 Å². The minimum absolute atomic E-state index is 0.00829. The van der Waals surface area contributed by atoms with E-state index < -0.39 is 0 Å². The van der Waals surface area contributed by atoms with Gasteiger partial charge in [0.2, 0.25) is 11.8 Å². The number of ether oxygens (including phenoxy) is 2. The number of H-pyrrole nitrogens is 1. The summed E-state index contributed by atoms with van der Waals surface area (Å²) >= 11 is 8.81. The molecule has 3 aromatic carbocycles. The third kappa shape index (κ3) is 5.06. The highest BCUT2D eigenvalue weighted by Gasteiger charge is 2.69. The van der Waals surface area contributed by atoms with Gasteiger partial charge in [0.05, 0.1) is 29.2 Å². The lowest BCUT2D eigenvalue weighted by Crippen LogP contribution is -2.42. The first kappa shape index (κ1) is 30.3. The molecule has 2 N–H and O–H groups in total. The number of carbonyl (C=O) groups excluding carboxylic acids is 3. The van der Waals surface area contributed by atoms with Gasteiger partial charge in [-0.05, 0) is 85.2 Å². The number of aromatic nitrogens is 1. The summed E-state index contributed by atoms with van der Waals surface area (Å²) in [6.45, 7) is 2.04. The Kier molecular flexibility index (Phi) is 7.65. The Labute approximate surface area is 283 Å². The van der Waals surface area contributed by atoms with Gasteiger partial charge in [-0.25, -0.2) is 0 Å².